The first-order chi connectivity index (χ1) is 24.1. The van der Waals surface area contributed by atoms with Gasteiger partial charge in [-0.25, -0.2) is 0 Å². The molecule has 0 heterocycles. The highest BCUT2D eigenvalue weighted by molar-refractivity contribution is 4.53. The smallest absolute Gasteiger partial charge is 0.0782 e. The van der Waals surface area contributed by atoms with E-state index in [0.717, 1.165) is 0 Å². The number of rotatable bonds is 44. The first kappa shape index (κ1) is 49.0. The third-order valence-electron chi connectivity index (χ3n) is 11.7. The van der Waals surface area contributed by atoms with Gasteiger partial charge >= 0.3 is 0 Å². The van der Waals surface area contributed by atoms with Gasteiger partial charge < -0.3 is 4.48 Å². The minimum atomic E-state index is 1.25. The van der Waals surface area contributed by atoms with E-state index in [1.807, 2.05) is 0 Å². The third-order valence-corrected chi connectivity index (χ3v) is 11.7. The molecule has 0 aliphatic rings. The standard InChI is InChI=1S/C48H100N/c1-5-7-9-11-13-15-17-19-21-23-24-25-26-27-28-29-30-31-32-34-36-38-40-42-44-46-48-49(3,4)47-45-43-41-39-37-35-33-22-20-18-16-14-12-10-8-6-2/h5-48H2,1-4H3/q+1. The van der Waals surface area contributed by atoms with E-state index in [0.29, 0.717) is 0 Å². The van der Waals surface area contributed by atoms with Crippen molar-refractivity contribution in [3.8, 4) is 0 Å². The number of quaternary nitrogens is 1. The lowest BCUT2D eigenvalue weighted by atomic mass is 10.0. The van der Waals surface area contributed by atoms with Crippen molar-refractivity contribution in [3.63, 3.8) is 0 Å². The summed E-state index contributed by atoms with van der Waals surface area (Å²) >= 11 is 0. The Morgan fingerprint density at radius 1 is 0.184 bits per heavy atom. The van der Waals surface area contributed by atoms with Gasteiger partial charge in [-0.15, -0.1) is 0 Å². The van der Waals surface area contributed by atoms with E-state index in [1.54, 1.807) is 0 Å². The fourth-order valence-corrected chi connectivity index (χ4v) is 8.06. The van der Waals surface area contributed by atoms with E-state index in [-0.39, 0.29) is 0 Å². The summed E-state index contributed by atoms with van der Waals surface area (Å²) in [5.74, 6) is 0. The van der Waals surface area contributed by atoms with Gasteiger partial charge in [0.25, 0.3) is 0 Å². The summed E-state index contributed by atoms with van der Waals surface area (Å²) in [6, 6.07) is 0. The summed E-state index contributed by atoms with van der Waals surface area (Å²) in [7, 11) is 4.95. The molecule has 0 N–H and O–H groups in total. The van der Waals surface area contributed by atoms with Crippen LogP contribution in [0.3, 0.4) is 0 Å². The molecule has 0 atom stereocenters. The van der Waals surface area contributed by atoms with Gasteiger partial charge in [-0.3, -0.25) is 0 Å². The average molecular weight is 691 g/mol. The van der Waals surface area contributed by atoms with Gasteiger partial charge in [-0.05, 0) is 25.7 Å². The third kappa shape index (κ3) is 44.0. The Bertz CT molecular complexity index is 567. The Kier molecular flexibility index (Phi) is 42.3. The first-order valence-electron chi connectivity index (χ1n) is 23.9. The van der Waals surface area contributed by atoms with Crippen LogP contribution in [-0.2, 0) is 0 Å². The van der Waals surface area contributed by atoms with Crippen LogP contribution in [0.25, 0.3) is 0 Å². The molecular formula is C48H100N+. The summed E-state index contributed by atoms with van der Waals surface area (Å²) < 4.78 is 1.25. The quantitative estimate of drug-likeness (QED) is 0.0441. The first-order valence-corrected chi connectivity index (χ1v) is 23.9. The van der Waals surface area contributed by atoms with Crippen molar-refractivity contribution in [2.75, 3.05) is 27.2 Å². The average Bonchev–Trinajstić information content (AvgIpc) is 3.09. The number of hydrogen-bond donors (Lipinski definition) is 0. The van der Waals surface area contributed by atoms with Crippen molar-refractivity contribution in [2.24, 2.45) is 0 Å². The van der Waals surface area contributed by atoms with Crippen molar-refractivity contribution in [2.45, 2.75) is 284 Å². The highest BCUT2D eigenvalue weighted by Crippen LogP contribution is 2.18. The molecule has 0 rings (SSSR count). The van der Waals surface area contributed by atoms with Crippen molar-refractivity contribution in [1.82, 2.24) is 0 Å². The van der Waals surface area contributed by atoms with Crippen LogP contribution in [0.1, 0.15) is 284 Å². The highest BCUT2D eigenvalue weighted by atomic mass is 15.3. The molecule has 0 saturated heterocycles. The van der Waals surface area contributed by atoms with Gasteiger partial charge in [0, 0.05) is 0 Å². The lowest BCUT2D eigenvalue weighted by Gasteiger charge is -2.30. The zero-order valence-corrected chi connectivity index (χ0v) is 35.6. The Balaban J connectivity index is 3.23. The fraction of sp³-hybridized carbons (Fsp3) is 1.00. The molecule has 0 fully saturated rings. The van der Waals surface area contributed by atoms with Crippen LogP contribution in [-0.4, -0.2) is 31.7 Å². The zero-order valence-electron chi connectivity index (χ0n) is 35.6. The number of hydrogen-bond acceptors (Lipinski definition) is 0. The second kappa shape index (κ2) is 42.4. The van der Waals surface area contributed by atoms with Gasteiger partial charge in [0.15, 0.2) is 0 Å². The maximum Gasteiger partial charge on any atom is 0.0782 e. The van der Waals surface area contributed by atoms with Crippen LogP contribution < -0.4 is 0 Å². The van der Waals surface area contributed by atoms with E-state index < -0.39 is 0 Å². The molecule has 0 amide bonds. The molecule has 1 heteroatoms. The van der Waals surface area contributed by atoms with Crippen LogP contribution in [0.4, 0.5) is 0 Å². The molecule has 0 saturated carbocycles. The van der Waals surface area contributed by atoms with Crippen LogP contribution in [0.15, 0.2) is 0 Å². The van der Waals surface area contributed by atoms with Gasteiger partial charge in [-0.1, -0.05) is 258 Å². The molecule has 0 aliphatic heterocycles. The Morgan fingerprint density at radius 2 is 0.306 bits per heavy atom. The van der Waals surface area contributed by atoms with E-state index in [1.165, 1.54) is 287 Å². The summed E-state index contributed by atoms with van der Waals surface area (Å²) in [4.78, 5) is 0. The molecule has 0 aromatic rings. The maximum atomic E-state index is 2.48. The molecular weight excluding hydrogens is 591 g/mol. The second-order valence-corrected chi connectivity index (χ2v) is 17.5. The normalized spacial score (nSPS) is 12.0. The number of nitrogens with zero attached hydrogens (tertiary/aromatic N) is 1. The van der Waals surface area contributed by atoms with Gasteiger partial charge in [0.05, 0.1) is 27.2 Å². The van der Waals surface area contributed by atoms with Gasteiger partial charge in [-0.2, -0.15) is 0 Å². The minimum absolute atomic E-state index is 1.25. The molecule has 0 unspecified atom stereocenters. The second-order valence-electron chi connectivity index (χ2n) is 17.5. The van der Waals surface area contributed by atoms with E-state index in [9.17, 15) is 0 Å². The Hall–Kier alpha value is -0.0400. The molecule has 0 bridgehead atoms. The predicted molar refractivity (Wildman–Crippen MR) is 227 cm³/mol. The molecule has 0 radical (unpaired) electrons. The van der Waals surface area contributed by atoms with E-state index >= 15 is 0 Å². The van der Waals surface area contributed by atoms with Crippen LogP contribution >= 0.6 is 0 Å². The summed E-state index contributed by atoms with van der Waals surface area (Å²) in [5.41, 5.74) is 0. The highest BCUT2D eigenvalue weighted by Gasteiger charge is 2.13. The summed E-state index contributed by atoms with van der Waals surface area (Å²) in [6.45, 7) is 7.40. The predicted octanol–water partition coefficient (Wildman–Crippen LogP) is 17.5. The van der Waals surface area contributed by atoms with E-state index in [4.69, 9.17) is 0 Å². The SMILES string of the molecule is CCCCCCCCCCCCCCCCCCCCCCCCCCCC[N+](C)(C)CCCCCCCCCCCCCCCCCC. The van der Waals surface area contributed by atoms with Crippen LogP contribution in [0, 0.1) is 0 Å². The number of unbranched alkanes of at least 4 members (excludes halogenated alkanes) is 40. The molecule has 0 aromatic heterocycles. The molecule has 0 aromatic carbocycles. The van der Waals surface area contributed by atoms with Crippen LogP contribution in [0.2, 0.25) is 0 Å². The van der Waals surface area contributed by atoms with Gasteiger partial charge in [0.1, 0.15) is 0 Å². The minimum Gasteiger partial charge on any atom is -0.328 e. The molecule has 0 aliphatic carbocycles. The van der Waals surface area contributed by atoms with Crippen molar-refractivity contribution < 1.29 is 4.48 Å². The summed E-state index contributed by atoms with van der Waals surface area (Å²) in [6.07, 6.45) is 61.9. The molecule has 49 heavy (non-hydrogen) atoms. The van der Waals surface area contributed by atoms with E-state index in [2.05, 4.69) is 27.9 Å². The largest absolute Gasteiger partial charge is 0.328 e. The zero-order chi connectivity index (χ0) is 35.6. The van der Waals surface area contributed by atoms with Crippen LogP contribution in [0.5, 0.6) is 0 Å². The fourth-order valence-electron chi connectivity index (χ4n) is 8.06. The van der Waals surface area contributed by atoms with Crippen molar-refractivity contribution >= 4 is 0 Å². The topological polar surface area (TPSA) is 0 Å². The van der Waals surface area contributed by atoms with Crippen molar-refractivity contribution in [1.29, 1.82) is 0 Å². The molecule has 0 spiro atoms. The lowest BCUT2D eigenvalue weighted by molar-refractivity contribution is -0.890. The van der Waals surface area contributed by atoms with Gasteiger partial charge in [0.2, 0.25) is 0 Å². The molecule has 296 valence electrons. The lowest BCUT2D eigenvalue weighted by Crippen LogP contribution is -2.41. The monoisotopic (exact) mass is 691 g/mol. The van der Waals surface area contributed by atoms with Crippen molar-refractivity contribution in [3.05, 3.63) is 0 Å². The summed E-state index contributed by atoms with van der Waals surface area (Å²) in [5, 5.41) is 0. The maximum absolute atomic E-state index is 2.48. The molecule has 1 nitrogen and oxygen atoms in total. The Labute approximate surface area is 314 Å². The Morgan fingerprint density at radius 3 is 0.449 bits per heavy atom.